The quantitative estimate of drug-likeness (QED) is 0.619. The summed E-state index contributed by atoms with van der Waals surface area (Å²) in [4.78, 5) is 0. The van der Waals surface area contributed by atoms with Gasteiger partial charge in [0, 0.05) is 15.5 Å². The minimum absolute atomic E-state index is 0. The summed E-state index contributed by atoms with van der Waals surface area (Å²) >= 11 is 1.97. The van der Waals surface area contributed by atoms with Gasteiger partial charge in [-0.1, -0.05) is 0 Å². The molecular weight excluding hydrogens is 166 g/mol. The third kappa shape index (κ3) is 1.44. The molecule has 1 aliphatic rings. The van der Waals surface area contributed by atoms with Crippen molar-refractivity contribution in [1.82, 2.24) is 0 Å². The van der Waals surface area contributed by atoms with Crippen molar-refractivity contribution in [2.75, 3.05) is 0 Å². The molecule has 0 amide bonds. The second-order valence-corrected chi connectivity index (χ2v) is 6.10. The third-order valence-corrected chi connectivity index (χ3v) is 3.58. The maximum absolute atomic E-state index is 5.91. The van der Waals surface area contributed by atoms with Gasteiger partial charge in [0.05, 0.1) is 0 Å². The van der Waals surface area contributed by atoms with Gasteiger partial charge in [0.2, 0.25) is 0 Å². The van der Waals surface area contributed by atoms with Gasteiger partial charge in [0.25, 0.3) is 0 Å². The van der Waals surface area contributed by atoms with Crippen molar-refractivity contribution >= 4 is 24.2 Å². The van der Waals surface area contributed by atoms with Crippen LogP contribution in [-0.2, 0) is 0 Å². The lowest BCUT2D eigenvalue weighted by Gasteiger charge is -2.54. The molecule has 0 bridgehead atoms. The first-order valence-electron chi connectivity index (χ1n) is 3.32. The van der Waals surface area contributed by atoms with E-state index in [0.717, 1.165) is 0 Å². The van der Waals surface area contributed by atoms with E-state index in [0.29, 0.717) is 15.5 Å². The van der Waals surface area contributed by atoms with Crippen molar-refractivity contribution < 1.29 is 0 Å². The largest absolute Gasteiger partial charge is 0.325 e. The first-order valence-corrected chi connectivity index (χ1v) is 4.14. The van der Waals surface area contributed by atoms with Gasteiger partial charge in [0.1, 0.15) is 0 Å². The van der Waals surface area contributed by atoms with E-state index in [-0.39, 0.29) is 12.4 Å². The van der Waals surface area contributed by atoms with Gasteiger partial charge < -0.3 is 5.73 Å². The standard InChI is InChI=1S/C7H15NS.ClH/c1-6(2)5(8)7(3,4)9-6;/h5H,8H2,1-4H3;1H. The Morgan fingerprint density at radius 1 is 1.10 bits per heavy atom. The van der Waals surface area contributed by atoms with Crippen molar-refractivity contribution in [3.63, 3.8) is 0 Å². The summed E-state index contributed by atoms with van der Waals surface area (Å²) in [5.74, 6) is 0. The molecule has 3 heteroatoms. The summed E-state index contributed by atoms with van der Waals surface area (Å²) in [6, 6.07) is 0.356. The predicted molar refractivity (Wildman–Crippen MR) is 51.0 cm³/mol. The zero-order chi connectivity index (χ0) is 7.28. The number of hydrogen-bond donors (Lipinski definition) is 1. The molecule has 0 saturated carbocycles. The number of rotatable bonds is 0. The Kier molecular flexibility index (Phi) is 2.73. The minimum Gasteiger partial charge on any atom is -0.325 e. The van der Waals surface area contributed by atoms with Crippen LogP contribution in [0.4, 0.5) is 0 Å². The van der Waals surface area contributed by atoms with Crippen LogP contribution >= 0.6 is 24.2 Å². The number of thioether (sulfide) groups is 1. The van der Waals surface area contributed by atoms with Crippen LogP contribution in [0.5, 0.6) is 0 Å². The molecule has 1 rings (SSSR count). The lowest BCUT2D eigenvalue weighted by Crippen LogP contribution is -2.63. The maximum Gasteiger partial charge on any atom is 0.0326 e. The zero-order valence-corrected chi connectivity index (χ0v) is 8.60. The molecule has 0 aromatic heterocycles. The van der Waals surface area contributed by atoms with E-state index >= 15 is 0 Å². The van der Waals surface area contributed by atoms with E-state index in [1.165, 1.54) is 0 Å². The molecule has 0 unspecified atom stereocenters. The van der Waals surface area contributed by atoms with Crippen LogP contribution < -0.4 is 5.73 Å². The van der Waals surface area contributed by atoms with Crippen LogP contribution in [-0.4, -0.2) is 15.5 Å². The molecule has 0 aromatic carbocycles. The van der Waals surface area contributed by atoms with E-state index in [1.54, 1.807) is 0 Å². The number of halogens is 1. The topological polar surface area (TPSA) is 26.0 Å². The predicted octanol–water partition coefficient (Wildman–Crippen LogP) is 2.04. The molecule has 0 spiro atoms. The van der Waals surface area contributed by atoms with E-state index in [4.69, 9.17) is 5.73 Å². The Hall–Kier alpha value is 0.600. The lowest BCUT2D eigenvalue weighted by molar-refractivity contribution is 0.396. The Labute approximate surface area is 73.5 Å². The summed E-state index contributed by atoms with van der Waals surface area (Å²) in [5, 5.41) is 0. The molecule has 0 atom stereocenters. The average Bonchev–Trinajstić information content (AvgIpc) is 1.63. The first-order chi connectivity index (χ1) is 3.86. The second-order valence-electron chi connectivity index (χ2n) is 3.79. The van der Waals surface area contributed by atoms with Crippen LogP contribution in [0.3, 0.4) is 0 Å². The van der Waals surface area contributed by atoms with Crippen molar-refractivity contribution in [1.29, 1.82) is 0 Å². The SMILES string of the molecule is CC1(C)SC(C)(C)C1N.Cl. The summed E-state index contributed by atoms with van der Waals surface area (Å²) in [7, 11) is 0. The Balaban J connectivity index is 0.000000810. The molecular formula is C7H16ClNS. The second kappa shape index (κ2) is 2.58. The van der Waals surface area contributed by atoms with Crippen LogP contribution in [0.15, 0.2) is 0 Å². The normalized spacial score (nSPS) is 28.5. The van der Waals surface area contributed by atoms with Crippen molar-refractivity contribution in [3.05, 3.63) is 0 Å². The lowest BCUT2D eigenvalue weighted by atomic mass is 9.90. The summed E-state index contributed by atoms with van der Waals surface area (Å²) in [5.41, 5.74) is 5.91. The number of nitrogens with two attached hydrogens (primary N) is 1. The van der Waals surface area contributed by atoms with Gasteiger partial charge in [-0.2, -0.15) is 0 Å². The molecule has 1 saturated heterocycles. The number of hydrogen-bond acceptors (Lipinski definition) is 2. The van der Waals surface area contributed by atoms with Crippen molar-refractivity contribution in [3.8, 4) is 0 Å². The molecule has 0 aromatic rings. The highest BCUT2D eigenvalue weighted by atomic mass is 35.5. The highest BCUT2D eigenvalue weighted by Gasteiger charge is 2.51. The van der Waals surface area contributed by atoms with Gasteiger partial charge in [-0.25, -0.2) is 0 Å². The van der Waals surface area contributed by atoms with Gasteiger partial charge in [-0.15, -0.1) is 24.2 Å². The Morgan fingerprint density at radius 2 is 1.40 bits per heavy atom. The van der Waals surface area contributed by atoms with E-state index in [9.17, 15) is 0 Å². The van der Waals surface area contributed by atoms with Crippen molar-refractivity contribution in [2.24, 2.45) is 5.73 Å². The molecule has 10 heavy (non-hydrogen) atoms. The third-order valence-electron chi connectivity index (χ3n) is 2.02. The van der Waals surface area contributed by atoms with Crippen LogP contribution in [0.2, 0.25) is 0 Å². The Morgan fingerprint density at radius 3 is 1.40 bits per heavy atom. The summed E-state index contributed by atoms with van der Waals surface area (Å²) < 4.78 is 0.618. The monoisotopic (exact) mass is 181 g/mol. The average molecular weight is 182 g/mol. The van der Waals surface area contributed by atoms with Crippen LogP contribution in [0, 0.1) is 0 Å². The first kappa shape index (κ1) is 10.6. The summed E-state index contributed by atoms with van der Waals surface area (Å²) in [6.07, 6.45) is 0. The fourth-order valence-electron chi connectivity index (χ4n) is 1.58. The maximum atomic E-state index is 5.91. The highest BCUT2D eigenvalue weighted by molar-refractivity contribution is 8.03. The molecule has 62 valence electrons. The molecule has 1 heterocycles. The molecule has 1 aliphatic heterocycles. The van der Waals surface area contributed by atoms with Gasteiger partial charge in [-0.05, 0) is 27.7 Å². The fourth-order valence-corrected chi connectivity index (χ4v) is 3.60. The van der Waals surface area contributed by atoms with Crippen LogP contribution in [0.1, 0.15) is 27.7 Å². The van der Waals surface area contributed by atoms with Crippen molar-refractivity contribution in [2.45, 2.75) is 43.2 Å². The van der Waals surface area contributed by atoms with Gasteiger partial charge in [0.15, 0.2) is 0 Å². The summed E-state index contributed by atoms with van der Waals surface area (Å²) in [6.45, 7) is 8.81. The van der Waals surface area contributed by atoms with E-state index in [2.05, 4.69) is 27.7 Å². The van der Waals surface area contributed by atoms with Crippen LogP contribution in [0.25, 0.3) is 0 Å². The minimum atomic E-state index is 0. The van der Waals surface area contributed by atoms with E-state index < -0.39 is 0 Å². The zero-order valence-electron chi connectivity index (χ0n) is 6.97. The molecule has 0 radical (unpaired) electrons. The van der Waals surface area contributed by atoms with E-state index in [1.807, 2.05) is 11.8 Å². The molecule has 1 fully saturated rings. The molecule has 1 nitrogen and oxygen atoms in total. The highest BCUT2D eigenvalue weighted by Crippen LogP contribution is 2.53. The van der Waals surface area contributed by atoms with Gasteiger partial charge >= 0.3 is 0 Å². The van der Waals surface area contributed by atoms with Gasteiger partial charge in [-0.3, -0.25) is 0 Å². The molecule has 0 aliphatic carbocycles. The fraction of sp³-hybridized carbons (Fsp3) is 1.00. The smallest absolute Gasteiger partial charge is 0.0326 e. The molecule has 2 N–H and O–H groups in total. The Bertz CT molecular complexity index is 120.